The van der Waals surface area contributed by atoms with Gasteiger partial charge < -0.3 is 14.8 Å². The Hall–Kier alpha value is -1.30. The van der Waals surface area contributed by atoms with Gasteiger partial charge in [0.1, 0.15) is 5.75 Å². The monoisotopic (exact) mass is 368 g/mol. The molecule has 1 saturated heterocycles. The van der Waals surface area contributed by atoms with Crippen LogP contribution in [-0.2, 0) is 16.1 Å². The van der Waals surface area contributed by atoms with Crippen molar-refractivity contribution in [3.05, 3.63) is 29.8 Å². The lowest BCUT2D eigenvalue weighted by atomic mass is 9.98. The molecule has 2 aliphatic rings. The molecule has 1 aromatic carbocycles. The molecule has 2 atom stereocenters. The van der Waals surface area contributed by atoms with Crippen molar-refractivity contribution in [1.29, 1.82) is 0 Å². The lowest BCUT2D eigenvalue weighted by molar-refractivity contribution is -0.122. The van der Waals surface area contributed by atoms with Crippen LogP contribution in [0.2, 0.25) is 0 Å². The predicted octanol–water partition coefficient (Wildman–Crippen LogP) is 2.48. The molecule has 1 amide bonds. The smallest absolute Gasteiger partial charge is 0.222 e. The summed E-state index contributed by atoms with van der Waals surface area (Å²) >= 11 is 0. The van der Waals surface area contributed by atoms with E-state index in [2.05, 4.69) is 22.3 Å². The van der Waals surface area contributed by atoms with Crippen LogP contribution in [0.25, 0.3) is 0 Å². The lowest BCUT2D eigenvalue weighted by Crippen LogP contribution is -2.41. The van der Waals surface area contributed by atoms with Crippen LogP contribution in [-0.4, -0.2) is 50.8 Å². The summed E-state index contributed by atoms with van der Waals surface area (Å²) in [5.41, 5.74) is 1.26. The number of rotatable bonds is 8. The highest BCUT2D eigenvalue weighted by Crippen LogP contribution is 2.41. The Labute approximate surface area is 156 Å². The fraction of sp³-hybridized carbons (Fsp3) is 0.632. The Morgan fingerprint density at radius 2 is 2.08 bits per heavy atom. The average Bonchev–Trinajstić information content (AvgIpc) is 3.36. The highest BCUT2D eigenvalue weighted by atomic mass is 35.5. The molecule has 0 unspecified atom stereocenters. The molecule has 1 aromatic rings. The van der Waals surface area contributed by atoms with E-state index in [4.69, 9.17) is 9.47 Å². The number of carbonyl (C=O) groups is 1. The summed E-state index contributed by atoms with van der Waals surface area (Å²) < 4.78 is 10.3. The molecule has 1 saturated carbocycles. The molecule has 1 N–H and O–H groups in total. The quantitative estimate of drug-likeness (QED) is 0.766. The molecule has 6 heteroatoms. The van der Waals surface area contributed by atoms with E-state index in [1.54, 1.807) is 14.2 Å². The maximum Gasteiger partial charge on any atom is 0.222 e. The SMILES string of the molecule is COCCC(=O)N[C@H]1CN(Cc2cccc(OC)c2)C[C@@H]1C1CC1.Cl. The fourth-order valence-electron chi connectivity index (χ4n) is 3.70. The van der Waals surface area contributed by atoms with Crippen molar-refractivity contribution < 1.29 is 14.3 Å². The minimum atomic E-state index is 0. The zero-order valence-electron chi connectivity index (χ0n) is 15.1. The number of amides is 1. The number of benzene rings is 1. The molecule has 1 aliphatic carbocycles. The van der Waals surface area contributed by atoms with Crippen molar-refractivity contribution in [3.8, 4) is 5.75 Å². The number of hydrogen-bond acceptors (Lipinski definition) is 4. The summed E-state index contributed by atoms with van der Waals surface area (Å²) in [7, 11) is 3.33. The minimum absolute atomic E-state index is 0. The molecule has 5 nitrogen and oxygen atoms in total. The van der Waals surface area contributed by atoms with E-state index < -0.39 is 0 Å². The maximum absolute atomic E-state index is 12.1. The van der Waals surface area contributed by atoms with Crippen LogP contribution in [0.5, 0.6) is 5.75 Å². The third-order valence-corrected chi connectivity index (χ3v) is 5.09. The first-order valence-corrected chi connectivity index (χ1v) is 8.83. The zero-order valence-corrected chi connectivity index (χ0v) is 15.9. The number of carbonyl (C=O) groups excluding carboxylic acids is 1. The Kier molecular flexibility index (Phi) is 7.54. The number of ether oxygens (including phenoxy) is 2. The van der Waals surface area contributed by atoms with Crippen LogP contribution in [0.1, 0.15) is 24.8 Å². The zero-order chi connectivity index (χ0) is 16.9. The third-order valence-electron chi connectivity index (χ3n) is 5.09. The van der Waals surface area contributed by atoms with Gasteiger partial charge in [0.25, 0.3) is 0 Å². The number of hydrogen-bond donors (Lipinski definition) is 1. The summed E-state index contributed by atoms with van der Waals surface area (Å²) in [6.07, 6.45) is 3.06. The van der Waals surface area contributed by atoms with Gasteiger partial charge in [-0.05, 0) is 42.4 Å². The van der Waals surface area contributed by atoms with Gasteiger partial charge in [-0.25, -0.2) is 0 Å². The first-order valence-electron chi connectivity index (χ1n) is 8.83. The summed E-state index contributed by atoms with van der Waals surface area (Å²) in [6, 6.07) is 8.51. The highest BCUT2D eigenvalue weighted by molar-refractivity contribution is 5.85. The number of nitrogens with one attached hydrogen (secondary N) is 1. The topological polar surface area (TPSA) is 50.8 Å². The van der Waals surface area contributed by atoms with E-state index >= 15 is 0 Å². The number of likely N-dealkylation sites (tertiary alicyclic amines) is 1. The molecule has 2 fully saturated rings. The van der Waals surface area contributed by atoms with Crippen LogP contribution >= 0.6 is 12.4 Å². The average molecular weight is 369 g/mol. The van der Waals surface area contributed by atoms with Crippen molar-refractivity contribution in [3.63, 3.8) is 0 Å². The Balaban J connectivity index is 0.00000225. The maximum atomic E-state index is 12.1. The number of halogens is 1. The van der Waals surface area contributed by atoms with Gasteiger partial charge in [0.15, 0.2) is 0 Å². The molecule has 1 heterocycles. The molecular weight excluding hydrogens is 340 g/mol. The first-order chi connectivity index (χ1) is 11.7. The van der Waals surface area contributed by atoms with Crippen LogP contribution in [0.4, 0.5) is 0 Å². The van der Waals surface area contributed by atoms with E-state index in [-0.39, 0.29) is 24.4 Å². The van der Waals surface area contributed by atoms with Gasteiger partial charge in [-0.3, -0.25) is 9.69 Å². The molecule has 3 rings (SSSR count). The Morgan fingerprint density at radius 3 is 2.76 bits per heavy atom. The Morgan fingerprint density at radius 1 is 1.28 bits per heavy atom. The third kappa shape index (κ3) is 5.59. The second-order valence-corrected chi connectivity index (χ2v) is 6.96. The normalized spacial score (nSPS) is 23.1. The molecule has 140 valence electrons. The molecule has 0 bridgehead atoms. The Bertz CT molecular complexity index is 565. The van der Waals surface area contributed by atoms with Gasteiger partial charge in [0, 0.05) is 39.2 Å². The second-order valence-electron chi connectivity index (χ2n) is 6.96. The summed E-state index contributed by atoms with van der Waals surface area (Å²) in [5, 5.41) is 3.24. The van der Waals surface area contributed by atoms with E-state index in [0.717, 1.165) is 31.3 Å². The molecule has 0 spiro atoms. The van der Waals surface area contributed by atoms with Gasteiger partial charge >= 0.3 is 0 Å². The van der Waals surface area contributed by atoms with Crippen molar-refractivity contribution in [2.75, 3.05) is 33.9 Å². The minimum Gasteiger partial charge on any atom is -0.497 e. The van der Waals surface area contributed by atoms with Crippen molar-refractivity contribution in [2.24, 2.45) is 11.8 Å². The van der Waals surface area contributed by atoms with Gasteiger partial charge in [-0.2, -0.15) is 0 Å². The number of methoxy groups -OCH3 is 2. The summed E-state index contributed by atoms with van der Waals surface area (Å²) in [4.78, 5) is 14.5. The van der Waals surface area contributed by atoms with Crippen LogP contribution in [0, 0.1) is 11.8 Å². The number of nitrogens with zero attached hydrogens (tertiary/aromatic N) is 1. The molecule has 25 heavy (non-hydrogen) atoms. The molecule has 0 radical (unpaired) electrons. The van der Waals surface area contributed by atoms with Gasteiger partial charge in [-0.15, -0.1) is 12.4 Å². The molecule has 0 aromatic heterocycles. The van der Waals surface area contributed by atoms with Crippen molar-refractivity contribution >= 4 is 18.3 Å². The van der Waals surface area contributed by atoms with Crippen molar-refractivity contribution in [2.45, 2.75) is 31.8 Å². The predicted molar refractivity (Wildman–Crippen MR) is 100 cm³/mol. The van der Waals surface area contributed by atoms with Crippen LogP contribution in [0.3, 0.4) is 0 Å². The van der Waals surface area contributed by atoms with E-state index in [0.29, 0.717) is 18.9 Å². The van der Waals surface area contributed by atoms with Gasteiger partial charge in [0.2, 0.25) is 5.91 Å². The van der Waals surface area contributed by atoms with E-state index in [1.807, 2.05) is 12.1 Å². The lowest BCUT2D eigenvalue weighted by Gasteiger charge is -2.19. The largest absolute Gasteiger partial charge is 0.497 e. The van der Waals surface area contributed by atoms with Crippen molar-refractivity contribution in [1.82, 2.24) is 10.2 Å². The second kappa shape index (κ2) is 9.41. The molecule has 1 aliphatic heterocycles. The fourth-order valence-corrected chi connectivity index (χ4v) is 3.70. The van der Waals surface area contributed by atoms with E-state index in [9.17, 15) is 4.79 Å². The summed E-state index contributed by atoms with van der Waals surface area (Å²) in [6.45, 7) is 3.39. The van der Waals surface area contributed by atoms with E-state index in [1.165, 1.54) is 18.4 Å². The van der Waals surface area contributed by atoms with Gasteiger partial charge in [-0.1, -0.05) is 12.1 Å². The summed E-state index contributed by atoms with van der Waals surface area (Å²) in [5.74, 6) is 2.38. The molecular formula is C19H29ClN2O3. The van der Waals surface area contributed by atoms with Crippen LogP contribution < -0.4 is 10.1 Å². The first kappa shape index (κ1) is 20.0. The highest BCUT2D eigenvalue weighted by Gasteiger charge is 2.42. The standard InChI is InChI=1S/C19H28N2O3.ClH/c1-23-9-8-19(22)20-18-13-21(12-17(18)15-6-7-15)11-14-4-3-5-16(10-14)24-2;/h3-5,10,15,17-18H,6-9,11-13H2,1-2H3,(H,20,22);1H/t17-,18+;/m1./s1. The van der Waals surface area contributed by atoms with Gasteiger partial charge in [0.05, 0.1) is 13.7 Å². The van der Waals surface area contributed by atoms with Crippen LogP contribution in [0.15, 0.2) is 24.3 Å².